The molecule has 15 heavy (non-hydrogen) atoms. The summed E-state index contributed by atoms with van der Waals surface area (Å²) in [6.07, 6.45) is 0. The number of rotatable bonds is 3. The van der Waals surface area contributed by atoms with Crippen LogP contribution >= 0.6 is 11.6 Å². The lowest BCUT2D eigenvalue weighted by Gasteiger charge is -2.10. The Morgan fingerprint density at radius 2 is 2.07 bits per heavy atom. The minimum absolute atomic E-state index is 0.0437. The van der Waals surface area contributed by atoms with Crippen LogP contribution in [0.15, 0.2) is 17.3 Å². The van der Waals surface area contributed by atoms with Gasteiger partial charge in [0.15, 0.2) is 17.3 Å². The largest absolute Gasteiger partial charge is 0.493 e. The van der Waals surface area contributed by atoms with Crippen molar-refractivity contribution in [2.45, 2.75) is 0 Å². The molecule has 5 nitrogen and oxygen atoms in total. The van der Waals surface area contributed by atoms with E-state index >= 15 is 0 Å². The molecule has 1 aromatic rings. The highest BCUT2D eigenvalue weighted by atomic mass is 35.5. The van der Waals surface area contributed by atoms with Gasteiger partial charge in [-0.05, 0) is 12.1 Å². The van der Waals surface area contributed by atoms with Crippen LogP contribution in [-0.4, -0.2) is 25.3 Å². The monoisotopic (exact) mass is 230 g/mol. The summed E-state index contributed by atoms with van der Waals surface area (Å²) in [4.78, 5) is 0. The molecule has 1 aromatic carbocycles. The van der Waals surface area contributed by atoms with Crippen molar-refractivity contribution in [1.82, 2.24) is 0 Å². The van der Waals surface area contributed by atoms with Crippen LogP contribution in [0, 0.1) is 0 Å². The van der Waals surface area contributed by atoms with E-state index in [-0.39, 0.29) is 5.84 Å². The molecule has 0 saturated carbocycles. The first-order valence-corrected chi connectivity index (χ1v) is 4.41. The lowest BCUT2D eigenvalue weighted by molar-refractivity contribution is 0.318. The Morgan fingerprint density at radius 1 is 1.40 bits per heavy atom. The minimum Gasteiger partial charge on any atom is -0.493 e. The number of hydrogen-bond donors (Lipinski definition) is 2. The zero-order valence-electron chi connectivity index (χ0n) is 8.32. The average molecular weight is 231 g/mol. The summed E-state index contributed by atoms with van der Waals surface area (Å²) >= 11 is 5.92. The van der Waals surface area contributed by atoms with Gasteiger partial charge < -0.3 is 20.4 Å². The molecule has 0 unspecified atom stereocenters. The Morgan fingerprint density at radius 3 is 2.53 bits per heavy atom. The molecule has 1 rings (SSSR count). The van der Waals surface area contributed by atoms with Crippen LogP contribution in [0.1, 0.15) is 5.56 Å². The number of halogens is 1. The lowest BCUT2D eigenvalue weighted by atomic mass is 10.2. The quantitative estimate of drug-likeness (QED) is 0.357. The van der Waals surface area contributed by atoms with Crippen LogP contribution in [0.2, 0.25) is 5.02 Å². The van der Waals surface area contributed by atoms with Crippen molar-refractivity contribution in [3.8, 4) is 11.5 Å². The molecule has 0 saturated heterocycles. The normalized spacial score (nSPS) is 11.3. The molecular weight excluding hydrogens is 220 g/mol. The first kappa shape index (κ1) is 11.5. The Labute approximate surface area is 92.0 Å². The fourth-order valence-corrected chi connectivity index (χ4v) is 1.41. The molecule has 0 aliphatic carbocycles. The second-order valence-electron chi connectivity index (χ2n) is 2.68. The topological polar surface area (TPSA) is 77.1 Å². The van der Waals surface area contributed by atoms with Gasteiger partial charge in [0, 0.05) is 5.56 Å². The van der Waals surface area contributed by atoms with Crippen LogP contribution in [0.5, 0.6) is 11.5 Å². The first-order chi connectivity index (χ1) is 7.13. The van der Waals surface area contributed by atoms with Crippen LogP contribution in [0.25, 0.3) is 0 Å². The van der Waals surface area contributed by atoms with Gasteiger partial charge in [0.25, 0.3) is 0 Å². The van der Waals surface area contributed by atoms with Crippen LogP contribution < -0.4 is 15.2 Å². The zero-order valence-corrected chi connectivity index (χ0v) is 9.08. The molecule has 0 fully saturated rings. The van der Waals surface area contributed by atoms with Crippen molar-refractivity contribution in [3.63, 3.8) is 0 Å². The van der Waals surface area contributed by atoms with E-state index in [4.69, 9.17) is 32.0 Å². The maximum atomic E-state index is 8.52. The van der Waals surface area contributed by atoms with Gasteiger partial charge in [0.1, 0.15) is 0 Å². The predicted octanol–water partition coefficient (Wildman–Crippen LogP) is 1.45. The number of nitrogens with zero attached hydrogens (tertiary/aromatic N) is 1. The van der Waals surface area contributed by atoms with Crippen molar-refractivity contribution >= 4 is 17.4 Å². The van der Waals surface area contributed by atoms with E-state index in [1.54, 1.807) is 6.07 Å². The number of hydrogen-bond acceptors (Lipinski definition) is 4. The summed E-state index contributed by atoms with van der Waals surface area (Å²) < 4.78 is 10.1. The van der Waals surface area contributed by atoms with Gasteiger partial charge in [-0.3, -0.25) is 0 Å². The van der Waals surface area contributed by atoms with Crippen molar-refractivity contribution in [1.29, 1.82) is 0 Å². The highest BCUT2D eigenvalue weighted by Crippen LogP contribution is 2.35. The molecule has 0 atom stereocenters. The fourth-order valence-electron chi connectivity index (χ4n) is 1.12. The van der Waals surface area contributed by atoms with Crippen LogP contribution in [0.4, 0.5) is 0 Å². The summed E-state index contributed by atoms with van der Waals surface area (Å²) in [7, 11) is 2.96. The summed E-state index contributed by atoms with van der Waals surface area (Å²) in [5.41, 5.74) is 5.88. The van der Waals surface area contributed by atoms with Crippen molar-refractivity contribution in [3.05, 3.63) is 22.7 Å². The molecular formula is C9H11ClN2O3. The van der Waals surface area contributed by atoms with Gasteiger partial charge in [0.05, 0.1) is 19.2 Å². The standard InChI is InChI=1S/C9H11ClN2O3/c1-14-7-4-5(9(11)12-13)3-6(10)8(7)15-2/h3-4,13H,1-2H3,(H2,11,12). The molecule has 0 amide bonds. The lowest BCUT2D eigenvalue weighted by Crippen LogP contribution is -2.13. The van der Waals surface area contributed by atoms with E-state index in [0.29, 0.717) is 22.1 Å². The Kier molecular flexibility index (Phi) is 3.62. The van der Waals surface area contributed by atoms with E-state index in [9.17, 15) is 0 Å². The predicted molar refractivity (Wildman–Crippen MR) is 57.1 cm³/mol. The smallest absolute Gasteiger partial charge is 0.179 e. The number of benzene rings is 1. The second kappa shape index (κ2) is 4.75. The van der Waals surface area contributed by atoms with E-state index in [0.717, 1.165) is 0 Å². The molecule has 0 heterocycles. The van der Waals surface area contributed by atoms with E-state index in [1.165, 1.54) is 20.3 Å². The summed E-state index contributed by atoms with van der Waals surface area (Å²) in [5, 5.41) is 11.7. The van der Waals surface area contributed by atoms with Gasteiger partial charge in [-0.25, -0.2) is 0 Å². The van der Waals surface area contributed by atoms with Crippen molar-refractivity contribution in [2.75, 3.05) is 14.2 Å². The van der Waals surface area contributed by atoms with Gasteiger partial charge in [0.2, 0.25) is 0 Å². The summed E-state index contributed by atoms with van der Waals surface area (Å²) in [6.45, 7) is 0. The Balaban J connectivity index is 3.32. The van der Waals surface area contributed by atoms with Crippen LogP contribution in [0.3, 0.4) is 0 Å². The van der Waals surface area contributed by atoms with Gasteiger partial charge in [-0.1, -0.05) is 16.8 Å². The third kappa shape index (κ3) is 2.24. The maximum Gasteiger partial charge on any atom is 0.179 e. The van der Waals surface area contributed by atoms with Crippen LogP contribution in [-0.2, 0) is 0 Å². The molecule has 0 spiro atoms. The molecule has 3 N–H and O–H groups in total. The average Bonchev–Trinajstić information content (AvgIpc) is 2.26. The molecule has 0 aliphatic heterocycles. The zero-order chi connectivity index (χ0) is 11.4. The Hall–Kier alpha value is -1.62. The van der Waals surface area contributed by atoms with E-state index < -0.39 is 0 Å². The highest BCUT2D eigenvalue weighted by molar-refractivity contribution is 6.32. The van der Waals surface area contributed by atoms with Gasteiger partial charge in [-0.15, -0.1) is 0 Å². The number of methoxy groups -OCH3 is 2. The SMILES string of the molecule is COc1cc(/C(N)=N\O)cc(Cl)c1OC. The summed E-state index contributed by atoms with van der Waals surface area (Å²) in [6, 6.07) is 3.09. The highest BCUT2D eigenvalue weighted by Gasteiger charge is 2.12. The maximum absolute atomic E-state index is 8.52. The van der Waals surface area contributed by atoms with E-state index in [1.807, 2.05) is 0 Å². The number of oxime groups is 1. The number of amidine groups is 1. The summed E-state index contributed by atoms with van der Waals surface area (Å²) in [5.74, 6) is 0.790. The minimum atomic E-state index is -0.0437. The third-order valence-corrected chi connectivity index (χ3v) is 2.12. The van der Waals surface area contributed by atoms with Crippen molar-refractivity contribution in [2.24, 2.45) is 10.9 Å². The molecule has 0 aliphatic rings. The van der Waals surface area contributed by atoms with Gasteiger partial charge in [-0.2, -0.15) is 0 Å². The molecule has 0 radical (unpaired) electrons. The number of nitrogens with two attached hydrogens (primary N) is 1. The molecule has 0 aromatic heterocycles. The van der Waals surface area contributed by atoms with Gasteiger partial charge >= 0.3 is 0 Å². The van der Waals surface area contributed by atoms with E-state index in [2.05, 4.69) is 5.16 Å². The number of ether oxygens (including phenoxy) is 2. The molecule has 0 bridgehead atoms. The molecule has 82 valence electrons. The molecule has 6 heteroatoms. The first-order valence-electron chi connectivity index (χ1n) is 4.03. The fraction of sp³-hybridized carbons (Fsp3) is 0.222. The Bertz CT molecular complexity index is 393. The second-order valence-corrected chi connectivity index (χ2v) is 3.09. The third-order valence-electron chi connectivity index (χ3n) is 1.84. The van der Waals surface area contributed by atoms with Crippen molar-refractivity contribution < 1.29 is 14.7 Å².